The van der Waals surface area contributed by atoms with Crippen molar-refractivity contribution in [1.29, 1.82) is 0 Å². The fourth-order valence-corrected chi connectivity index (χ4v) is 5.65. The molecule has 2 saturated carbocycles. The van der Waals surface area contributed by atoms with Gasteiger partial charge >= 0.3 is 0 Å². The highest BCUT2D eigenvalue weighted by atomic mass is 16.2. The molecular weight excluding hydrogens is 272 g/mol. The number of nitrogens with zero attached hydrogens (tertiary/aromatic N) is 2. The van der Waals surface area contributed by atoms with E-state index in [0.717, 1.165) is 37.3 Å². The van der Waals surface area contributed by atoms with Crippen molar-refractivity contribution in [2.45, 2.75) is 57.8 Å². The van der Waals surface area contributed by atoms with Crippen molar-refractivity contribution in [1.82, 2.24) is 9.80 Å². The first-order valence-electron chi connectivity index (χ1n) is 9.78. The highest BCUT2D eigenvalue weighted by Crippen LogP contribution is 2.48. The zero-order valence-corrected chi connectivity index (χ0v) is 14.0. The molecule has 3 atom stereocenters. The lowest BCUT2D eigenvalue weighted by atomic mass is 9.87. The van der Waals surface area contributed by atoms with E-state index in [2.05, 4.69) is 9.80 Å². The van der Waals surface area contributed by atoms with E-state index in [0.29, 0.717) is 11.8 Å². The van der Waals surface area contributed by atoms with Gasteiger partial charge in [-0.2, -0.15) is 0 Å². The smallest absolute Gasteiger partial charge is 0.222 e. The second kappa shape index (κ2) is 6.51. The Labute approximate surface area is 135 Å². The van der Waals surface area contributed by atoms with E-state index in [-0.39, 0.29) is 0 Å². The molecule has 124 valence electrons. The zero-order chi connectivity index (χ0) is 14.9. The topological polar surface area (TPSA) is 23.6 Å². The lowest BCUT2D eigenvalue weighted by Crippen LogP contribution is -2.39. The largest absolute Gasteiger partial charge is 0.343 e. The second-order valence-electron chi connectivity index (χ2n) is 8.47. The van der Waals surface area contributed by atoms with Gasteiger partial charge in [0, 0.05) is 26.1 Å². The predicted octanol–water partition coefficient (Wildman–Crippen LogP) is 3.15. The summed E-state index contributed by atoms with van der Waals surface area (Å²) in [7, 11) is 0. The summed E-state index contributed by atoms with van der Waals surface area (Å²) in [6.45, 7) is 5.87. The van der Waals surface area contributed by atoms with Crippen LogP contribution in [0.4, 0.5) is 0 Å². The molecule has 22 heavy (non-hydrogen) atoms. The summed E-state index contributed by atoms with van der Waals surface area (Å²) in [5, 5.41) is 0. The van der Waals surface area contributed by atoms with Gasteiger partial charge in [-0.15, -0.1) is 0 Å². The highest BCUT2D eigenvalue weighted by Gasteiger charge is 2.40. The normalized spacial score (nSPS) is 36.4. The minimum Gasteiger partial charge on any atom is -0.343 e. The molecule has 4 fully saturated rings. The van der Waals surface area contributed by atoms with Gasteiger partial charge in [-0.1, -0.05) is 6.42 Å². The van der Waals surface area contributed by atoms with Gasteiger partial charge in [-0.3, -0.25) is 4.79 Å². The molecule has 0 aromatic carbocycles. The number of rotatable bonds is 4. The van der Waals surface area contributed by atoms with Crippen LogP contribution >= 0.6 is 0 Å². The fraction of sp³-hybridized carbons (Fsp3) is 0.947. The van der Waals surface area contributed by atoms with Crippen molar-refractivity contribution in [3.63, 3.8) is 0 Å². The Morgan fingerprint density at radius 1 is 0.909 bits per heavy atom. The van der Waals surface area contributed by atoms with Crippen LogP contribution in [0.15, 0.2) is 0 Å². The molecule has 3 heteroatoms. The third-order valence-corrected chi connectivity index (χ3v) is 7.01. The van der Waals surface area contributed by atoms with E-state index in [1.54, 1.807) is 0 Å². The van der Waals surface area contributed by atoms with Crippen LogP contribution in [0.1, 0.15) is 57.8 Å². The Morgan fingerprint density at radius 3 is 2.32 bits per heavy atom. The maximum Gasteiger partial charge on any atom is 0.222 e. The van der Waals surface area contributed by atoms with Crippen molar-refractivity contribution < 1.29 is 4.79 Å². The maximum absolute atomic E-state index is 12.3. The zero-order valence-electron chi connectivity index (χ0n) is 14.0. The molecule has 2 aliphatic carbocycles. The van der Waals surface area contributed by atoms with Crippen molar-refractivity contribution in [2.24, 2.45) is 23.7 Å². The molecule has 0 radical (unpaired) electrons. The van der Waals surface area contributed by atoms with Crippen molar-refractivity contribution >= 4 is 5.91 Å². The van der Waals surface area contributed by atoms with E-state index in [1.807, 2.05) is 0 Å². The molecule has 2 bridgehead atoms. The van der Waals surface area contributed by atoms with Crippen molar-refractivity contribution in [3.05, 3.63) is 0 Å². The second-order valence-corrected chi connectivity index (χ2v) is 8.47. The van der Waals surface area contributed by atoms with Gasteiger partial charge in [0.1, 0.15) is 0 Å². The molecule has 1 amide bonds. The molecule has 2 saturated heterocycles. The molecule has 4 aliphatic rings. The van der Waals surface area contributed by atoms with Crippen LogP contribution in [0, 0.1) is 23.7 Å². The van der Waals surface area contributed by atoms with Crippen molar-refractivity contribution in [2.75, 3.05) is 32.7 Å². The number of likely N-dealkylation sites (tertiary alicyclic amines) is 2. The standard InChI is InChI=1S/C19H32N2O/c22-19(21-7-1-2-8-21)13-15-5-9-20(10-6-15)14-18-12-16-3-4-17(18)11-16/h15-18H,1-14H2/t16-,17-,18+/m0/s1. The minimum atomic E-state index is 0.434. The van der Waals surface area contributed by atoms with E-state index < -0.39 is 0 Å². The van der Waals surface area contributed by atoms with E-state index in [9.17, 15) is 4.79 Å². The SMILES string of the molecule is O=C(CC1CCN(C[C@H]2C[C@H]3CC[C@H]2C3)CC1)N1CCCC1. The third-order valence-electron chi connectivity index (χ3n) is 7.01. The summed E-state index contributed by atoms with van der Waals surface area (Å²) < 4.78 is 0. The predicted molar refractivity (Wildman–Crippen MR) is 88.5 cm³/mol. The lowest BCUT2D eigenvalue weighted by molar-refractivity contribution is -0.131. The van der Waals surface area contributed by atoms with Gasteiger partial charge in [0.15, 0.2) is 0 Å². The van der Waals surface area contributed by atoms with Gasteiger partial charge < -0.3 is 9.80 Å². The molecule has 0 spiro atoms. The Morgan fingerprint density at radius 2 is 1.68 bits per heavy atom. The number of hydrogen-bond donors (Lipinski definition) is 0. The first kappa shape index (κ1) is 15.0. The Balaban J connectivity index is 1.19. The van der Waals surface area contributed by atoms with Crippen LogP contribution in [0.3, 0.4) is 0 Å². The number of carbonyl (C=O) groups is 1. The van der Waals surface area contributed by atoms with Crippen LogP contribution in [0.25, 0.3) is 0 Å². The summed E-state index contributed by atoms with van der Waals surface area (Å²) >= 11 is 0. The molecule has 2 heterocycles. The monoisotopic (exact) mass is 304 g/mol. The maximum atomic E-state index is 12.3. The number of fused-ring (bicyclic) bond motifs is 2. The molecule has 0 aromatic rings. The van der Waals surface area contributed by atoms with Crippen LogP contribution in [0.2, 0.25) is 0 Å². The average Bonchev–Trinajstić information content (AvgIpc) is 3.27. The minimum absolute atomic E-state index is 0.434. The third kappa shape index (κ3) is 3.20. The molecule has 3 nitrogen and oxygen atoms in total. The van der Waals surface area contributed by atoms with E-state index >= 15 is 0 Å². The fourth-order valence-electron chi connectivity index (χ4n) is 5.65. The quantitative estimate of drug-likeness (QED) is 0.796. The number of hydrogen-bond acceptors (Lipinski definition) is 2. The van der Waals surface area contributed by atoms with Gasteiger partial charge in [0.25, 0.3) is 0 Å². The Bertz CT molecular complexity index is 396. The number of piperidine rings is 1. The summed E-state index contributed by atoms with van der Waals surface area (Å²) in [6.07, 6.45) is 11.8. The van der Waals surface area contributed by atoms with Crippen LogP contribution < -0.4 is 0 Å². The van der Waals surface area contributed by atoms with Crippen molar-refractivity contribution in [3.8, 4) is 0 Å². The molecule has 4 rings (SSSR count). The molecule has 0 N–H and O–H groups in total. The van der Waals surface area contributed by atoms with Gasteiger partial charge in [-0.25, -0.2) is 0 Å². The van der Waals surface area contributed by atoms with Crippen LogP contribution in [0.5, 0.6) is 0 Å². The molecule has 0 unspecified atom stereocenters. The lowest BCUT2D eigenvalue weighted by Gasteiger charge is -2.35. The average molecular weight is 304 g/mol. The summed E-state index contributed by atoms with van der Waals surface area (Å²) in [4.78, 5) is 17.1. The number of carbonyl (C=O) groups excluding carboxylic acids is 1. The van der Waals surface area contributed by atoms with Gasteiger partial charge in [0.05, 0.1) is 0 Å². The van der Waals surface area contributed by atoms with Crippen LogP contribution in [-0.4, -0.2) is 48.4 Å². The Hall–Kier alpha value is -0.570. The Kier molecular flexibility index (Phi) is 4.43. The molecule has 2 aliphatic heterocycles. The first-order valence-corrected chi connectivity index (χ1v) is 9.78. The van der Waals surface area contributed by atoms with E-state index in [1.165, 1.54) is 71.0 Å². The summed E-state index contributed by atoms with van der Waals surface area (Å²) in [5.74, 6) is 4.22. The number of amides is 1. The van der Waals surface area contributed by atoms with Crippen LogP contribution in [-0.2, 0) is 4.79 Å². The summed E-state index contributed by atoms with van der Waals surface area (Å²) in [5.41, 5.74) is 0. The van der Waals surface area contributed by atoms with Gasteiger partial charge in [0.2, 0.25) is 5.91 Å². The van der Waals surface area contributed by atoms with E-state index in [4.69, 9.17) is 0 Å². The first-order chi connectivity index (χ1) is 10.8. The molecule has 0 aromatic heterocycles. The summed E-state index contributed by atoms with van der Waals surface area (Å²) in [6, 6.07) is 0. The highest BCUT2D eigenvalue weighted by molar-refractivity contribution is 5.76. The van der Waals surface area contributed by atoms with Gasteiger partial charge in [-0.05, 0) is 81.7 Å². The molecular formula is C19H32N2O.